The van der Waals surface area contributed by atoms with Crippen LogP contribution in [0.4, 0.5) is 0 Å². The molecule has 1 fully saturated rings. The number of hydrogen-bond acceptors (Lipinski definition) is 4. The van der Waals surface area contributed by atoms with Crippen LogP contribution in [0.2, 0.25) is 0 Å². The van der Waals surface area contributed by atoms with E-state index in [0.29, 0.717) is 17.6 Å². The van der Waals surface area contributed by atoms with E-state index >= 15 is 0 Å². The summed E-state index contributed by atoms with van der Waals surface area (Å²) in [7, 11) is 3.58. The number of benzene rings is 1. The highest BCUT2D eigenvalue weighted by molar-refractivity contribution is 9.10. The Morgan fingerprint density at radius 1 is 1.52 bits per heavy atom. The Kier molecular flexibility index (Phi) is 5.79. The van der Waals surface area contributed by atoms with Gasteiger partial charge in [-0.3, -0.25) is 0 Å². The lowest BCUT2D eigenvalue weighted by Gasteiger charge is -2.35. The van der Waals surface area contributed by atoms with Gasteiger partial charge < -0.3 is 15.0 Å². The minimum atomic E-state index is -0.306. The fraction of sp³-hybridized carbons (Fsp3) is 0.562. The predicted octanol–water partition coefficient (Wildman–Crippen LogP) is 2.81. The molecule has 2 unspecified atom stereocenters. The van der Waals surface area contributed by atoms with Crippen molar-refractivity contribution in [2.24, 2.45) is 0 Å². The zero-order valence-corrected chi connectivity index (χ0v) is 14.4. The van der Waals surface area contributed by atoms with E-state index in [9.17, 15) is 4.79 Å². The first-order valence-electron chi connectivity index (χ1n) is 7.31. The van der Waals surface area contributed by atoms with E-state index in [1.165, 1.54) is 20.0 Å². The van der Waals surface area contributed by atoms with Crippen molar-refractivity contribution in [2.75, 3.05) is 20.7 Å². The number of nitrogens with one attached hydrogen (secondary N) is 1. The van der Waals surface area contributed by atoms with E-state index in [0.717, 1.165) is 23.1 Å². The summed E-state index contributed by atoms with van der Waals surface area (Å²) in [6, 6.07) is 6.79. The van der Waals surface area contributed by atoms with Gasteiger partial charge in [0.2, 0.25) is 0 Å². The monoisotopic (exact) mass is 354 g/mol. The molecule has 1 aliphatic rings. The summed E-state index contributed by atoms with van der Waals surface area (Å²) in [6.45, 7) is 4.22. The van der Waals surface area contributed by atoms with Crippen molar-refractivity contribution in [1.82, 2.24) is 10.2 Å². The lowest BCUT2D eigenvalue weighted by Crippen LogP contribution is -2.45. The number of likely N-dealkylation sites (tertiary alicyclic amines) is 1. The Labute approximate surface area is 135 Å². The van der Waals surface area contributed by atoms with Crippen LogP contribution in [-0.2, 0) is 11.3 Å². The highest BCUT2D eigenvalue weighted by atomic mass is 79.9. The van der Waals surface area contributed by atoms with Crippen LogP contribution in [-0.4, -0.2) is 43.7 Å². The van der Waals surface area contributed by atoms with Gasteiger partial charge in [0.15, 0.2) is 0 Å². The molecule has 21 heavy (non-hydrogen) atoms. The van der Waals surface area contributed by atoms with E-state index in [2.05, 4.69) is 40.1 Å². The molecule has 0 spiro atoms. The van der Waals surface area contributed by atoms with Crippen molar-refractivity contribution in [3.63, 3.8) is 0 Å². The first kappa shape index (κ1) is 16.5. The van der Waals surface area contributed by atoms with Gasteiger partial charge in [-0.25, -0.2) is 4.79 Å². The Morgan fingerprint density at radius 2 is 2.29 bits per heavy atom. The lowest BCUT2D eigenvalue weighted by molar-refractivity contribution is 0.0600. The fourth-order valence-corrected chi connectivity index (χ4v) is 3.18. The van der Waals surface area contributed by atoms with E-state index in [1.807, 2.05) is 18.2 Å². The zero-order valence-electron chi connectivity index (χ0n) is 12.9. The summed E-state index contributed by atoms with van der Waals surface area (Å²) in [4.78, 5) is 13.9. The molecule has 1 N–H and O–H groups in total. The quantitative estimate of drug-likeness (QED) is 0.844. The zero-order chi connectivity index (χ0) is 15.4. The largest absolute Gasteiger partial charge is 0.465 e. The molecule has 116 valence electrons. The van der Waals surface area contributed by atoms with Gasteiger partial charge in [-0.05, 0) is 51.1 Å². The van der Waals surface area contributed by atoms with Gasteiger partial charge in [0, 0.05) is 23.1 Å². The molecule has 0 aromatic heterocycles. The van der Waals surface area contributed by atoms with Crippen LogP contribution >= 0.6 is 15.9 Å². The highest BCUT2D eigenvalue weighted by Gasteiger charge is 2.22. The number of halogens is 1. The normalized spacial score (nSPS) is 23.0. The standard InChI is InChI=1S/C16H23BrN2O2/c1-11-8-14(6-7-19(11)2)18-10-13-5-4-12(9-15(13)17)16(20)21-3/h4-5,9,11,14,18H,6-8,10H2,1-3H3. The number of carbonyl (C=O) groups is 1. The van der Waals surface area contributed by atoms with Gasteiger partial charge in [-0.1, -0.05) is 22.0 Å². The minimum absolute atomic E-state index is 0.306. The molecule has 2 atom stereocenters. The fourth-order valence-electron chi connectivity index (χ4n) is 2.66. The second-order valence-corrected chi connectivity index (χ2v) is 6.58. The van der Waals surface area contributed by atoms with E-state index < -0.39 is 0 Å². The lowest BCUT2D eigenvalue weighted by atomic mass is 9.98. The van der Waals surface area contributed by atoms with Crippen LogP contribution in [0.3, 0.4) is 0 Å². The Balaban J connectivity index is 1.93. The van der Waals surface area contributed by atoms with Crippen LogP contribution in [0.5, 0.6) is 0 Å². The number of esters is 1. The van der Waals surface area contributed by atoms with Crippen molar-refractivity contribution >= 4 is 21.9 Å². The molecular formula is C16H23BrN2O2. The van der Waals surface area contributed by atoms with Crippen molar-refractivity contribution in [2.45, 2.75) is 38.4 Å². The molecule has 4 nitrogen and oxygen atoms in total. The van der Waals surface area contributed by atoms with E-state index in [-0.39, 0.29) is 5.97 Å². The molecular weight excluding hydrogens is 332 g/mol. The topological polar surface area (TPSA) is 41.6 Å². The number of methoxy groups -OCH3 is 1. The molecule has 0 amide bonds. The maximum Gasteiger partial charge on any atom is 0.337 e. The molecule has 1 saturated heterocycles. The number of rotatable bonds is 4. The molecule has 1 aliphatic heterocycles. The van der Waals surface area contributed by atoms with Crippen molar-refractivity contribution in [1.29, 1.82) is 0 Å². The third kappa shape index (κ3) is 4.28. The summed E-state index contributed by atoms with van der Waals surface area (Å²) in [6.07, 6.45) is 2.35. The number of hydrogen-bond donors (Lipinski definition) is 1. The van der Waals surface area contributed by atoms with Crippen LogP contribution in [0.15, 0.2) is 22.7 Å². The molecule has 0 aliphatic carbocycles. The third-order valence-electron chi connectivity index (χ3n) is 4.26. The first-order valence-corrected chi connectivity index (χ1v) is 8.11. The minimum Gasteiger partial charge on any atom is -0.465 e. The van der Waals surface area contributed by atoms with Crippen molar-refractivity contribution < 1.29 is 9.53 Å². The second-order valence-electron chi connectivity index (χ2n) is 5.73. The van der Waals surface area contributed by atoms with Crippen molar-refractivity contribution in [3.8, 4) is 0 Å². The maximum atomic E-state index is 11.5. The molecule has 1 aromatic carbocycles. The maximum absolute atomic E-state index is 11.5. The number of piperidine rings is 1. The van der Waals surface area contributed by atoms with Crippen LogP contribution < -0.4 is 5.32 Å². The van der Waals surface area contributed by atoms with Gasteiger partial charge in [0.1, 0.15) is 0 Å². The molecule has 0 bridgehead atoms. The summed E-state index contributed by atoms with van der Waals surface area (Å²) in [5.74, 6) is -0.306. The number of carbonyl (C=O) groups excluding carboxylic acids is 1. The average Bonchev–Trinajstić information content (AvgIpc) is 2.48. The average molecular weight is 355 g/mol. The van der Waals surface area contributed by atoms with Gasteiger partial charge >= 0.3 is 5.97 Å². The highest BCUT2D eigenvalue weighted by Crippen LogP contribution is 2.21. The number of nitrogens with zero attached hydrogens (tertiary/aromatic N) is 1. The molecule has 1 aromatic rings. The van der Waals surface area contributed by atoms with Gasteiger partial charge in [0.25, 0.3) is 0 Å². The smallest absolute Gasteiger partial charge is 0.337 e. The third-order valence-corrected chi connectivity index (χ3v) is 5.00. The van der Waals surface area contributed by atoms with Crippen LogP contribution in [0.1, 0.15) is 35.7 Å². The molecule has 1 heterocycles. The number of ether oxygens (including phenoxy) is 1. The second kappa shape index (κ2) is 7.38. The summed E-state index contributed by atoms with van der Waals surface area (Å²) < 4.78 is 5.67. The Hall–Kier alpha value is -0.910. The van der Waals surface area contributed by atoms with Gasteiger partial charge in [0.05, 0.1) is 12.7 Å². The van der Waals surface area contributed by atoms with Gasteiger partial charge in [-0.15, -0.1) is 0 Å². The summed E-state index contributed by atoms with van der Waals surface area (Å²) >= 11 is 3.54. The molecule has 0 radical (unpaired) electrons. The molecule has 2 rings (SSSR count). The molecule has 5 heteroatoms. The Bertz CT molecular complexity index is 507. The van der Waals surface area contributed by atoms with E-state index in [1.54, 1.807) is 0 Å². The van der Waals surface area contributed by atoms with Crippen LogP contribution in [0, 0.1) is 0 Å². The SMILES string of the molecule is COC(=O)c1ccc(CNC2CCN(C)C(C)C2)c(Br)c1. The predicted molar refractivity (Wildman–Crippen MR) is 87.4 cm³/mol. The summed E-state index contributed by atoms with van der Waals surface area (Å²) in [5, 5.41) is 3.62. The summed E-state index contributed by atoms with van der Waals surface area (Å²) in [5.41, 5.74) is 1.73. The van der Waals surface area contributed by atoms with Gasteiger partial charge in [-0.2, -0.15) is 0 Å². The van der Waals surface area contributed by atoms with Crippen molar-refractivity contribution in [3.05, 3.63) is 33.8 Å². The molecule has 0 saturated carbocycles. The first-order chi connectivity index (χ1) is 10.0. The van der Waals surface area contributed by atoms with E-state index in [4.69, 9.17) is 4.74 Å². The van der Waals surface area contributed by atoms with Crippen LogP contribution in [0.25, 0.3) is 0 Å². The Morgan fingerprint density at radius 3 is 2.90 bits per heavy atom.